The average Bonchev–Trinajstić information content (AvgIpc) is 2.70. The van der Waals surface area contributed by atoms with Crippen molar-refractivity contribution in [3.63, 3.8) is 0 Å². The number of ether oxygens (including phenoxy) is 3. The van der Waals surface area contributed by atoms with E-state index in [2.05, 4.69) is 15.9 Å². The molecule has 1 aliphatic heterocycles. The first-order valence-electron chi connectivity index (χ1n) is 4.10. The van der Waals surface area contributed by atoms with Crippen molar-refractivity contribution in [3.05, 3.63) is 40.8 Å². The summed E-state index contributed by atoms with van der Waals surface area (Å²) in [6.45, 7) is 0. The second-order valence-corrected chi connectivity index (χ2v) is 3.62. The van der Waals surface area contributed by atoms with Crippen LogP contribution >= 0.6 is 15.9 Å². The number of methoxy groups -OCH3 is 1. The van der Waals surface area contributed by atoms with E-state index >= 15 is 0 Å². The molecular weight excluding hydrogens is 248 g/mol. The van der Waals surface area contributed by atoms with Crippen molar-refractivity contribution in [2.24, 2.45) is 0 Å². The molecule has 14 heavy (non-hydrogen) atoms. The third-order valence-electron chi connectivity index (χ3n) is 1.91. The van der Waals surface area contributed by atoms with Crippen molar-refractivity contribution in [1.82, 2.24) is 0 Å². The largest absolute Gasteiger partial charge is 0.496 e. The molecule has 1 aromatic rings. The van der Waals surface area contributed by atoms with E-state index in [0.29, 0.717) is 0 Å². The van der Waals surface area contributed by atoms with Gasteiger partial charge < -0.3 is 14.2 Å². The maximum atomic E-state index is 5.20. The van der Waals surface area contributed by atoms with Gasteiger partial charge in [-0.3, -0.25) is 0 Å². The van der Waals surface area contributed by atoms with Crippen LogP contribution in [0.3, 0.4) is 0 Å². The number of hydrogen-bond acceptors (Lipinski definition) is 3. The van der Waals surface area contributed by atoms with Gasteiger partial charge in [-0.25, -0.2) is 0 Å². The van der Waals surface area contributed by atoms with Gasteiger partial charge in [-0.05, 0) is 34.1 Å². The summed E-state index contributed by atoms with van der Waals surface area (Å²) in [5.41, 5.74) is 0.947. The highest BCUT2D eigenvalue weighted by molar-refractivity contribution is 9.10. The third-order valence-corrected chi connectivity index (χ3v) is 2.53. The van der Waals surface area contributed by atoms with Crippen LogP contribution in [-0.2, 0) is 9.47 Å². The van der Waals surface area contributed by atoms with Gasteiger partial charge in [-0.2, -0.15) is 0 Å². The van der Waals surface area contributed by atoms with Crippen LogP contribution in [0.25, 0.3) is 0 Å². The zero-order chi connectivity index (χ0) is 9.97. The Hall–Kier alpha value is -1.16. The lowest BCUT2D eigenvalue weighted by molar-refractivity contribution is -0.0246. The van der Waals surface area contributed by atoms with Gasteiger partial charge in [-0.15, -0.1) is 0 Å². The molecule has 0 radical (unpaired) electrons. The second-order valence-electron chi connectivity index (χ2n) is 2.77. The highest BCUT2D eigenvalue weighted by atomic mass is 79.9. The summed E-state index contributed by atoms with van der Waals surface area (Å²) in [6, 6.07) is 5.68. The molecule has 0 spiro atoms. The molecule has 1 aromatic carbocycles. The van der Waals surface area contributed by atoms with Gasteiger partial charge in [0.2, 0.25) is 0 Å². The minimum Gasteiger partial charge on any atom is -0.496 e. The van der Waals surface area contributed by atoms with Gasteiger partial charge in [0.1, 0.15) is 18.3 Å². The van der Waals surface area contributed by atoms with Crippen molar-refractivity contribution >= 4 is 15.9 Å². The lowest BCUT2D eigenvalue weighted by atomic mass is 10.2. The van der Waals surface area contributed by atoms with Crippen LogP contribution in [0.15, 0.2) is 35.2 Å². The van der Waals surface area contributed by atoms with Crippen molar-refractivity contribution < 1.29 is 14.2 Å². The van der Waals surface area contributed by atoms with Crippen molar-refractivity contribution in [1.29, 1.82) is 0 Å². The van der Waals surface area contributed by atoms with E-state index < -0.39 is 0 Å². The van der Waals surface area contributed by atoms with E-state index in [1.54, 1.807) is 7.11 Å². The normalized spacial score (nSPS) is 15.0. The van der Waals surface area contributed by atoms with Crippen LogP contribution in [0.1, 0.15) is 11.9 Å². The predicted octanol–water partition coefficient (Wildman–Crippen LogP) is 2.97. The Morgan fingerprint density at radius 2 is 2.00 bits per heavy atom. The number of halogens is 1. The molecule has 0 atom stereocenters. The molecular formula is C10H9BrO3. The van der Waals surface area contributed by atoms with Crippen LogP contribution in [0.4, 0.5) is 0 Å². The lowest BCUT2D eigenvalue weighted by Gasteiger charge is -2.11. The average molecular weight is 257 g/mol. The van der Waals surface area contributed by atoms with Gasteiger partial charge >= 0.3 is 0 Å². The van der Waals surface area contributed by atoms with Crippen LogP contribution in [-0.4, -0.2) is 7.11 Å². The molecule has 0 bridgehead atoms. The monoisotopic (exact) mass is 256 g/mol. The van der Waals surface area contributed by atoms with Crippen molar-refractivity contribution in [3.8, 4) is 5.75 Å². The van der Waals surface area contributed by atoms with Gasteiger partial charge in [-0.1, -0.05) is 0 Å². The zero-order valence-corrected chi connectivity index (χ0v) is 9.15. The summed E-state index contributed by atoms with van der Waals surface area (Å²) in [5.74, 6) is 0.791. The molecule has 0 saturated carbocycles. The summed E-state index contributed by atoms with van der Waals surface area (Å²) >= 11 is 3.40. The van der Waals surface area contributed by atoms with Crippen molar-refractivity contribution in [2.45, 2.75) is 6.29 Å². The molecule has 1 aliphatic rings. The molecule has 3 nitrogen and oxygen atoms in total. The smallest absolute Gasteiger partial charge is 0.266 e. The molecule has 0 saturated heterocycles. The molecule has 0 amide bonds. The molecule has 0 N–H and O–H groups in total. The van der Waals surface area contributed by atoms with E-state index in [0.717, 1.165) is 15.8 Å². The van der Waals surface area contributed by atoms with Gasteiger partial charge in [0.05, 0.1) is 11.6 Å². The maximum Gasteiger partial charge on any atom is 0.266 e. The topological polar surface area (TPSA) is 27.7 Å². The first-order valence-corrected chi connectivity index (χ1v) is 4.90. The molecule has 0 aliphatic carbocycles. The van der Waals surface area contributed by atoms with E-state index in [1.165, 1.54) is 12.5 Å². The summed E-state index contributed by atoms with van der Waals surface area (Å²) in [4.78, 5) is 0. The molecule has 2 rings (SSSR count). The Labute approximate surface area is 90.4 Å². The maximum absolute atomic E-state index is 5.20. The standard InChI is InChI=1S/C10H9BrO3/c1-12-9-3-2-7(6-8(9)11)10-13-4-5-14-10/h2-6,10H,1H3. The minimum atomic E-state index is -0.336. The predicted molar refractivity (Wildman–Crippen MR) is 54.7 cm³/mol. The van der Waals surface area contributed by atoms with Crippen LogP contribution < -0.4 is 4.74 Å². The zero-order valence-electron chi connectivity index (χ0n) is 7.57. The van der Waals surface area contributed by atoms with Crippen LogP contribution in [0.2, 0.25) is 0 Å². The van der Waals surface area contributed by atoms with E-state index in [4.69, 9.17) is 14.2 Å². The quantitative estimate of drug-likeness (QED) is 0.815. The Kier molecular flexibility index (Phi) is 2.63. The molecule has 1 heterocycles. The van der Waals surface area contributed by atoms with Gasteiger partial charge in [0, 0.05) is 5.56 Å². The SMILES string of the molecule is COc1ccc(C2OC=CO2)cc1Br. The fourth-order valence-electron chi connectivity index (χ4n) is 1.23. The third kappa shape index (κ3) is 1.70. The summed E-state index contributed by atoms with van der Waals surface area (Å²) in [7, 11) is 1.63. The molecule has 0 fully saturated rings. The summed E-state index contributed by atoms with van der Waals surface area (Å²) in [6.07, 6.45) is 2.73. The highest BCUT2D eigenvalue weighted by Gasteiger charge is 2.16. The first kappa shape index (κ1) is 9.40. The summed E-state index contributed by atoms with van der Waals surface area (Å²) in [5, 5.41) is 0. The second kappa shape index (κ2) is 3.92. The number of rotatable bonds is 2. The fourth-order valence-corrected chi connectivity index (χ4v) is 1.78. The molecule has 74 valence electrons. The van der Waals surface area contributed by atoms with E-state index in [9.17, 15) is 0 Å². The molecule has 0 unspecified atom stereocenters. The Morgan fingerprint density at radius 1 is 1.29 bits per heavy atom. The minimum absolute atomic E-state index is 0.336. The Balaban J connectivity index is 2.23. The van der Waals surface area contributed by atoms with Crippen LogP contribution in [0.5, 0.6) is 5.75 Å². The Bertz CT molecular complexity index is 354. The highest BCUT2D eigenvalue weighted by Crippen LogP contribution is 2.31. The molecule has 4 heteroatoms. The number of hydrogen-bond donors (Lipinski definition) is 0. The van der Waals surface area contributed by atoms with Crippen molar-refractivity contribution in [2.75, 3.05) is 7.11 Å². The van der Waals surface area contributed by atoms with Crippen LogP contribution in [0, 0.1) is 0 Å². The van der Waals surface area contributed by atoms with E-state index in [-0.39, 0.29) is 6.29 Å². The summed E-state index contributed by atoms with van der Waals surface area (Å²) < 4.78 is 16.4. The Morgan fingerprint density at radius 3 is 2.57 bits per heavy atom. The fraction of sp³-hybridized carbons (Fsp3) is 0.200. The van der Waals surface area contributed by atoms with E-state index in [1.807, 2.05) is 18.2 Å². The first-order chi connectivity index (χ1) is 6.81. The van der Waals surface area contributed by atoms with Gasteiger partial charge in [0.25, 0.3) is 6.29 Å². The molecule has 0 aromatic heterocycles. The van der Waals surface area contributed by atoms with Gasteiger partial charge in [0.15, 0.2) is 0 Å². The number of benzene rings is 1. The lowest BCUT2D eigenvalue weighted by Crippen LogP contribution is -1.98.